The van der Waals surface area contributed by atoms with Crippen LogP contribution >= 0.6 is 0 Å². The standard InChI is InChI=1S/C25H36N4O4/c1-16(2)6-5-7-17(3)27-23(30)11-10-22-24(31)29(25(32)28-22)13-12-18-15-26-21-9-8-19(33-4)14-20(18)21/h8-9,14-17,22,26H,5-7,10-13H2,1-4H3,(H,27,30)(H,28,32). The van der Waals surface area contributed by atoms with Crippen LogP contribution in [-0.4, -0.2) is 53.5 Å². The summed E-state index contributed by atoms with van der Waals surface area (Å²) in [6.45, 7) is 6.67. The summed E-state index contributed by atoms with van der Waals surface area (Å²) in [5.41, 5.74) is 1.99. The molecule has 1 saturated heterocycles. The normalized spacial score (nSPS) is 17.0. The van der Waals surface area contributed by atoms with Crippen molar-refractivity contribution in [2.24, 2.45) is 5.92 Å². The van der Waals surface area contributed by atoms with Crippen molar-refractivity contribution in [3.05, 3.63) is 30.0 Å². The van der Waals surface area contributed by atoms with Gasteiger partial charge in [0.15, 0.2) is 0 Å². The van der Waals surface area contributed by atoms with E-state index in [1.165, 1.54) is 4.90 Å². The Kier molecular flexibility index (Phi) is 8.36. The van der Waals surface area contributed by atoms with Gasteiger partial charge in [0, 0.05) is 36.1 Å². The SMILES string of the molecule is COc1ccc2[nH]cc(CCN3C(=O)NC(CCC(=O)NC(C)CCCC(C)C)C3=O)c2c1. The number of H-pyrrole nitrogens is 1. The van der Waals surface area contributed by atoms with Crippen LogP contribution in [0.2, 0.25) is 0 Å². The van der Waals surface area contributed by atoms with E-state index >= 15 is 0 Å². The molecule has 0 spiro atoms. The van der Waals surface area contributed by atoms with Crippen molar-refractivity contribution in [3.8, 4) is 5.75 Å². The summed E-state index contributed by atoms with van der Waals surface area (Å²) in [6, 6.07) is 4.83. The highest BCUT2D eigenvalue weighted by molar-refractivity contribution is 6.04. The minimum absolute atomic E-state index is 0.0831. The topological polar surface area (TPSA) is 104 Å². The number of ether oxygens (including phenoxy) is 1. The number of methoxy groups -OCH3 is 1. The Morgan fingerprint density at radius 2 is 2.00 bits per heavy atom. The Bertz CT molecular complexity index is 984. The molecule has 0 bridgehead atoms. The van der Waals surface area contributed by atoms with E-state index in [4.69, 9.17) is 4.74 Å². The van der Waals surface area contributed by atoms with Crippen LogP contribution in [0.15, 0.2) is 24.4 Å². The lowest BCUT2D eigenvalue weighted by molar-refractivity contribution is -0.127. The van der Waals surface area contributed by atoms with Crippen molar-refractivity contribution in [2.45, 2.75) is 71.4 Å². The van der Waals surface area contributed by atoms with Crippen LogP contribution < -0.4 is 15.4 Å². The molecule has 0 saturated carbocycles. The summed E-state index contributed by atoms with van der Waals surface area (Å²) in [4.78, 5) is 41.9. The molecule has 180 valence electrons. The first-order valence-corrected chi connectivity index (χ1v) is 11.8. The first-order chi connectivity index (χ1) is 15.8. The highest BCUT2D eigenvalue weighted by Gasteiger charge is 2.37. The van der Waals surface area contributed by atoms with Gasteiger partial charge in [-0.3, -0.25) is 14.5 Å². The molecule has 3 N–H and O–H groups in total. The number of benzene rings is 1. The second-order valence-corrected chi connectivity index (χ2v) is 9.30. The minimum atomic E-state index is -0.650. The Morgan fingerprint density at radius 1 is 1.21 bits per heavy atom. The Balaban J connectivity index is 1.47. The van der Waals surface area contributed by atoms with Crippen molar-refractivity contribution < 1.29 is 19.1 Å². The lowest BCUT2D eigenvalue weighted by Crippen LogP contribution is -2.35. The fourth-order valence-corrected chi connectivity index (χ4v) is 4.23. The molecule has 1 fully saturated rings. The van der Waals surface area contributed by atoms with Crippen LogP contribution in [0.4, 0.5) is 4.79 Å². The molecule has 3 rings (SSSR count). The smallest absolute Gasteiger partial charge is 0.324 e. The largest absolute Gasteiger partial charge is 0.497 e. The highest BCUT2D eigenvalue weighted by atomic mass is 16.5. The first-order valence-electron chi connectivity index (χ1n) is 11.8. The number of nitrogens with one attached hydrogen (secondary N) is 3. The van der Waals surface area contributed by atoms with Gasteiger partial charge in [-0.05, 0) is 55.9 Å². The van der Waals surface area contributed by atoms with Gasteiger partial charge in [-0.25, -0.2) is 4.79 Å². The van der Waals surface area contributed by atoms with E-state index in [1.54, 1.807) is 7.11 Å². The number of hydrogen-bond donors (Lipinski definition) is 3. The molecule has 0 aliphatic carbocycles. The second kappa shape index (κ2) is 11.2. The molecule has 2 heterocycles. The molecule has 1 aliphatic rings. The Hall–Kier alpha value is -3.03. The van der Waals surface area contributed by atoms with Crippen LogP contribution in [-0.2, 0) is 16.0 Å². The van der Waals surface area contributed by atoms with Crippen molar-refractivity contribution >= 4 is 28.7 Å². The van der Waals surface area contributed by atoms with E-state index in [9.17, 15) is 14.4 Å². The van der Waals surface area contributed by atoms with E-state index in [1.807, 2.05) is 31.3 Å². The molecule has 1 aromatic carbocycles. The van der Waals surface area contributed by atoms with Crippen molar-refractivity contribution in [1.82, 2.24) is 20.5 Å². The van der Waals surface area contributed by atoms with Crippen LogP contribution in [0, 0.1) is 5.92 Å². The average Bonchev–Trinajstić information content (AvgIpc) is 3.29. The molecule has 4 amide bonds. The maximum absolute atomic E-state index is 12.8. The summed E-state index contributed by atoms with van der Waals surface area (Å²) in [6.07, 6.45) is 6.10. The third-order valence-corrected chi connectivity index (χ3v) is 6.17. The predicted octanol–water partition coefficient (Wildman–Crippen LogP) is 3.75. The summed E-state index contributed by atoms with van der Waals surface area (Å²) >= 11 is 0. The van der Waals surface area contributed by atoms with Gasteiger partial charge in [0.05, 0.1) is 7.11 Å². The lowest BCUT2D eigenvalue weighted by atomic mass is 10.0. The van der Waals surface area contributed by atoms with Gasteiger partial charge in [0.25, 0.3) is 5.91 Å². The minimum Gasteiger partial charge on any atom is -0.497 e. The van der Waals surface area contributed by atoms with Gasteiger partial charge in [-0.1, -0.05) is 26.7 Å². The molecule has 2 atom stereocenters. The fraction of sp³-hybridized carbons (Fsp3) is 0.560. The van der Waals surface area contributed by atoms with Gasteiger partial charge in [0.2, 0.25) is 5.91 Å². The Morgan fingerprint density at radius 3 is 2.73 bits per heavy atom. The lowest BCUT2D eigenvalue weighted by Gasteiger charge is -2.15. The molecule has 33 heavy (non-hydrogen) atoms. The monoisotopic (exact) mass is 456 g/mol. The van der Waals surface area contributed by atoms with Crippen LogP contribution in [0.5, 0.6) is 5.75 Å². The quantitative estimate of drug-likeness (QED) is 0.423. The predicted molar refractivity (Wildman–Crippen MR) is 128 cm³/mol. The molecule has 1 aliphatic heterocycles. The summed E-state index contributed by atoms with van der Waals surface area (Å²) < 4.78 is 5.30. The summed E-state index contributed by atoms with van der Waals surface area (Å²) in [5.74, 6) is 1.06. The Labute approximate surface area is 195 Å². The zero-order chi connectivity index (χ0) is 24.0. The van der Waals surface area contributed by atoms with E-state index < -0.39 is 12.1 Å². The molecular formula is C25H36N4O4. The number of rotatable bonds is 12. The van der Waals surface area contributed by atoms with Gasteiger partial charge < -0.3 is 20.4 Å². The number of amides is 4. The second-order valence-electron chi connectivity index (χ2n) is 9.30. The molecule has 8 nitrogen and oxygen atoms in total. The highest BCUT2D eigenvalue weighted by Crippen LogP contribution is 2.24. The maximum atomic E-state index is 12.8. The number of carbonyl (C=O) groups is 3. The van der Waals surface area contributed by atoms with Gasteiger partial charge >= 0.3 is 6.03 Å². The number of fused-ring (bicyclic) bond motifs is 1. The number of aromatic nitrogens is 1. The molecular weight excluding hydrogens is 420 g/mol. The summed E-state index contributed by atoms with van der Waals surface area (Å²) in [7, 11) is 1.62. The fourth-order valence-electron chi connectivity index (χ4n) is 4.23. The molecule has 2 unspecified atom stereocenters. The van der Waals surface area contributed by atoms with Crippen LogP contribution in [0.25, 0.3) is 10.9 Å². The number of nitrogens with zero attached hydrogens (tertiary/aromatic N) is 1. The maximum Gasteiger partial charge on any atom is 0.324 e. The van der Waals surface area contributed by atoms with Gasteiger partial charge in [-0.15, -0.1) is 0 Å². The third-order valence-electron chi connectivity index (χ3n) is 6.17. The molecule has 2 aromatic rings. The molecule has 0 radical (unpaired) electrons. The first kappa shape index (κ1) is 24.6. The van der Waals surface area contributed by atoms with E-state index in [2.05, 4.69) is 29.5 Å². The van der Waals surface area contributed by atoms with Gasteiger partial charge in [0.1, 0.15) is 11.8 Å². The van der Waals surface area contributed by atoms with Crippen molar-refractivity contribution in [3.63, 3.8) is 0 Å². The third kappa shape index (κ3) is 6.49. The van der Waals surface area contributed by atoms with Crippen molar-refractivity contribution in [1.29, 1.82) is 0 Å². The van der Waals surface area contributed by atoms with E-state index in [-0.39, 0.29) is 30.8 Å². The van der Waals surface area contributed by atoms with E-state index in [0.717, 1.165) is 41.5 Å². The summed E-state index contributed by atoms with van der Waals surface area (Å²) in [5, 5.41) is 6.73. The zero-order valence-electron chi connectivity index (χ0n) is 20.1. The van der Waals surface area contributed by atoms with Crippen LogP contribution in [0.1, 0.15) is 58.4 Å². The zero-order valence-corrected chi connectivity index (χ0v) is 20.1. The van der Waals surface area contributed by atoms with Crippen molar-refractivity contribution in [2.75, 3.05) is 13.7 Å². The number of urea groups is 1. The molecule has 8 heteroatoms. The van der Waals surface area contributed by atoms with Gasteiger partial charge in [-0.2, -0.15) is 0 Å². The van der Waals surface area contributed by atoms with Crippen LogP contribution in [0.3, 0.4) is 0 Å². The number of hydrogen-bond acceptors (Lipinski definition) is 4. The number of carbonyl (C=O) groups excluding carboxylic acids is 3. The number of imide groups is 1. The van der Waals surface area contributed by atoms with E-state index in [0.29, 0.717) is 18.8 Å². The molecule has 1 aromatic heterocycles. The number of aromatic amines is 1. The average molecular weight is 457 g/mol.